The van der Waals surface area contributed by atoms with Crippen LogP contribution in [0.15, 0.2) is 85.1 Å². The van der Waals surface area contributed by atoms with Gasteiger partial charge in [-0.2, -0.15) is 0 Å². The summed E-state index contributed by atoms with van der Waals surface area (Å²) in [5.41, 5.74) is 4.90. The van der Waals surface area contributed by atoms with Crippen LogP contribution in [0.4, 0.5) is 18.9 Å². The average molecular weight is 569 g/mol. The normalized spacial score (nSPS) is 11.2. The van der Waals surface area contributed by atoms with Gasteiger partial charge in [0.2, 0.25) is 0 Å². The van der Waals surface area contributed by atoms with Crippen LogP contribution in [0.2, 0.25) is 5.02 Å². The van der Waals surface area contributed by atoms with Gasteiger partial charge in [-0.05, 0) is 71.1 Å². The molecule has 40 heavy (non-hydrogen) atoms. The Hall–Kier alpha value is -4.37. The number of Topliss-reactive ketones (excluding diaryl/α,β-unsaturated/α-hetero) is 1. The van der Waals surface area contributed by atoms with Crippen molar-refractivity contribution in [1.82, 2.24) is 4.98 Å². The molecule has 0 unspecified atom stereocenters. The largest absolute Gasteiger partial charge is 0.573 e. The molecule has 0 saturated heterocycles. The fourth-order valence-corrected chi connectivity index (χ4v) is 4.24. The van der Waals surface area contributed by atoms with Crippen molar-refractivity contribution in [1.29, 1.82) is 0 Å². The molecule has 0 fully saturated rings. The first-order valence-electron chi connectivity index (χ1n) is 12.3. The highest BCUT2D eigenvalue weighted by molar-refractivity contribution is 6.30. The lowest BCUT2D eigenvalue weighted by atomic mass is 10.00. The molecule has 1 aromatic heterocycles. The molecule has 0 bridgehead atoms. The van der Waals surface area contributed by atoms with Crippen LogP contribution in [-0.2, 0) is 11.3 Å². The first kappa shape index (κ1) is 28.6. The summed E-state index contributed by atoms with van der Waals surface area (Å²) >= 11 is 6.26. The lowest BCUT2D eigenvalue weighted by Gasteiger charge is -2.13. The Morgan fingerprint density at radius 3 is 2.33 bits per heavy atom. The Bertz CT molecular complexity index is 1490. The number of carbonyl (C=O) groups excluding carboxylic acids is 1. The van der Waals surface area contributed by atoms with Crippen LogP contribution < -0.4 is 10.1 Å². The molecule has 0 amide bonds. The summed E-state index contributed by atoms with van der Waals surface area (Å²) in [6.07, 6.45) is -2.88. The van der Waals surface area contributed by atoms with Crippen molar-refractivity contribution in [3.63, 3.8) is 0 Å². The maximum atomic E-state index is 12.6. The van der Waals surface area contributed by atoms with Crippen molar-refractivity contribution in [3.05, 3.63) is 101 Å². The number of hydrogen-bond donors (Lipinski definition) is 2. The van der Waals surface area contributed by atoms with E-state index in [1.165, 1.54) is 18.2 Å². The number of nitrogens with zero attached hydrogens (tertiary/aromatic N) is 1. The van der Waals surface area contributed by atoms with Crippen molar-refractivity contribution < 1.29 is 32.6 Å². The lowest BCUT2D eigenvalue weighted by molar-refractivity contribution is -0.274. The number of benzene rings is 3. The van der Waals surface area contributed by atoms with Crippen LogP contribution in [0.5, 0.6) is 5.75 Å². The highest BCUT2D eigenvalue weighted by atomic mass is 35.5. The van der Waals surface area contributed by atoms with E-state index in [0.717, 1.165) is 27.9 Å². The number of pyridine rings is 1. The minimum atomic E-state index is -4.76. The summed E-state index contributed by atoms with van der Waals surface area (Å²) in [6.45, 7) is 0.441. The predicted octanol–water partition coefficient (Wildman–Crippen LogP) is 8.02. The Kier molecular flexibility index (Phi) is 9.06. The SMILES string of the molecule is O=C(O)CCCC(=O)c1ccc(-c2cc(Cl)ccc2CNc2ccc(-c3cccc(OC(F)(F)F)c3)cc2)cn1. The Morgan fingerprint density at radius 2 is 1.65 bits per heavy atom. The molecule has 0 aliphatic heterocycles. The van der Waals surface area contributed by atoms with E-state index in [1.54, 1.807) is 42.6 Å². The molecule has 2 N–H and O–H groups in total. The second-order valence-corrected chi connectivity index (χ2v) is 9.35. The molecule has 206 valence electrons. The third kappa shape index (κ3) is 8.07. The monoisotopic (exact) mass is 568 g/mol. The lowest BCUT2D eigenvalue weighted by Crippen LogP contribution is -2.17. The number of ether oxygens (including phenoxy) is 1. The molecule has 0 radical (unpaired) electrons. The number of carbonyl (C=O) groups is 2. The molecule has 1 heterocycles. The molecule has 0 aliphatic carbocycles. The topological polar surface area (TPSA) is 88.5 Å². The Morgan fingerprint density at radius 1 is 0.900 bits per heavy atom. The van der Waals surface area contributed by atoms with Gasteiger partial charge in [0.15, 0.2) is 5.78 Å². The van der Waals surface area contributed by atoms with E-state index in [0.29, 0.717) is 17.1 Å². The molecule has 0 saturated carbocycles. The zero-order valence-electron chi connectivity index (χ0n) is 21.0. The van der Waals surface area contributed by atoms with Crippen LogP contribution in [0.25, 0.3) is 22.3 Å². The summed E-state index contributed by atoms with van der Waals surface area (Å²) in [7, 11) is 0. The van der Waals surface area contributed by atoms with E-state index in [9.17, 15) is 22.8 Å². The van der Waals surface area contributed by atoms with Gasteiger partial charge in [-0.15, -0.1) is 13.2 Å². The second kappa shape index (κ2) is 12.7. The molecule has 3 aromatic carbocycles. The minimum Gasteiger partial charge on any atom is -0.481 e. The molecule has 10 heteroatoms. The van der Waals surface area contributed by atoms with E-state index in [-0.39, 0.29) is 36.5 Å². The fourth-order valence-electron chi connectivity index (χ4n) is 4.07. The molecular formula is C30H24ClF3N2O4. The zero-order valence-corrected chi connectivity index (χ0v) is 21.8. The highest BCUT2D eigenvalue weighted by Gasteiger charge is 2.31. The van der Waals surface area contributed by atoms with Crippen LogP contribution in [-0.4, -0.2) is 28.2 Å². The van der Waals surface area contributed by atoms with Crippen molar-refractivity contribution in [2.24, 2.45) is 0 Å². The number of aliphatic carboxylic acids is 1. The van der Waals surface area contributed by atoms with Gasteiger partial charge in [0, 0.05) is 41.9 Å². The first-order chi connectivity index (χ1) is 19.1. The predicted molar refractivity (Wildman–Crippen MR) is 146 cm³/mol. The van der Waals surface area contributed by atoms with Crippen molar-refractivity contribution >= 4 is 29.0 Å². The van der Waals surface area contributed by atoms with Crippen molar-refractivity contribution in [3.8, 4) is 28.0 Å². The van der Waals surface area contributed by atoms with Gasteiger partial charge in [0.25, 0.3) is 0 Å². The van der Waals surface area contributed by atoms with Crippen molar-refractivity contribution in [2.75, 3.05) is 5.32 Å². The van der Waals surface area contributed by atoms with Crippen LogP contribution in [0, 0.1) is 0 Å². The zero-order chi connectivity index (χ0) is 28.7. The number of aromatic nitrogens is 1. The van der Waals surface area contributed by atoms with Gasteiger partial charge >= 0.3 is 12.3 Å². The van der Waals surface area contributed by atoms with E-state index in [1.807, 2.05) is 24.3 Å². The Labute approximate surface area is 233 Å². The standard InChI is InChI=1S/C30H24ClF3N2O4/c31-23-11-7-21(26(16-23)22-10-14-27(36-18-22)28(37)5-2-6-29(38)39)17-35-24-12-8-19(9-13-24)20-3-1-4-25(15-20)40-30(32,33)34/h1,3-4,7-16,18,35H,2,5-6,17H2,(H,38,39). The molecule has 4 rings (SSSR count). The molecule has 0 spiro atoms. The van der Waals surface area contributed by atoms with Gasteiger partial charge in [0.05, 0.1) is 0 Å². The number of carboxylic acids is 1. The third-order valence-corrected chi connectivity index (χ3v) is 6.23. The summed E-state index contributed by atoms with van der Waals surface area (Å²) in [6, 6.07) is 21.9. The number of nitrogens with one attached hydrogen (secondary N) is 1. The first-order valence-corrected chi connectivity index (χ1v) is 12.7. The minimum absolute atomic E-state index is 0.0739. The second-order valence-electron chi connectivity index (χ2n) is 8.91. The van der Waals surface area contributed by atoms with Gasteiger partial charge < -0.3 is 15.2 Å². The van der Waals surface area contributed by atoms with Crippen LogP contribution >= 0.6 is 11.6 Å². The number of ketones is 1. The number of rotatable bonds is 11. The number of anilines is 1. The van der Waals surface area contributed by atoms with Crippen LogP contribution in [0.1, 0.15) is 35.3 Å². The van der Waals surface area contributed by atoms with Crippen molar-refractivity contribution in [2.45, 2.75) is 32.2 Å². The maximum Gasteiger partial charge on any atom is 0.573 e. The van der Waals surface area contributed by atoms with E-state index >= 15 is 0 Å². The molecule has 0 aliphatic rings. The summed E-state index contributed by atoms with van der Waals surface area (Å²) in [5, 5.41) is 12.6. The fraction of sp³-hybridized carbons (Fsp3) is 0.167. The number of halogens is 4. The summed E-state index contributed by atoms with van der Waals surface area (Å²) in [5.74, 6) is -1.45. The summed E-state index contributed by atoms with van der Waals surface area (Å²) in [4.78, 5) is 27.2. The van der Waals surface area contributed by atoms with Gasteiger partial charge in [-0.1, -0.05) is 48.0 Å². The summed E-state index contributed by atoms with van der Waals surface area (Å²) < 4.78 is 41.7. The maximum absolute atomic E-state index is 12.6. The smallest absolute Gasteiger partial charge is 0.481 e. The number of carboxylic acid groups (broad SMARTS) is 1. The van der Waals surface area contributed by atoms with Crippen LogP contribution in [0.3, 0.4) is 0 Å². The third-order valence-electron chi connectivity index (χ3n) is 6.00. The highest BCUT2D eigenvalue weighted by Crippen LogP contribution is 2.30. The molecule has 0 atom stereocenters. The van der Waals surface area contributed by atoms with E-state index in [2.05, 4.69) is 15.0 Å². The van der Waals surface area contributed by atoms with Gasteiger partial charge in [-0.3, -0.25) is 14.6 Å². The number of hydrogen-bond acceptors (Lipinski definition) is 5. The average Bonchev–Trinajstić information content (AvgIpc) is 2.92. The Balaban J connectivity index is 1.44. The van der Waals surface area contributed by atoms with E-state index in [4.69, 9.17) is 16.7 Å². The molecular weight excluding hydrogens is 545 g/mol. The van der Waals surface area contributed by atoms with E-state index < -0.39 is 12.3 Å². The number of alkyl halides is 3. The molecule has 6 nitrogen and oxygen atoms in total. The van der Waals surface area contributed by atoms with Gasteiger partial charge in [0.1, 0.15) is 11.4 Å². The quantitative estimate of drug-likeness (QED) is 0.178. The molecule has 4 aromatic rings. The van der Waals surface area contributed by atoms with Gasteiger partial charge in [-0.25, -0.2) is 0 Å².